The summed E-state index contributed by atoms with van der Waals surface area (Å²) < 4.78 is 10.6. The van der Waals surface area contributed by atoms with Crippen LogP contribution in [0.1, 0.15) is 30.1 Å². The van der Waals surface area contributed by atoms with Crippen LogP contribution in [0.3, 0.4) is 0 Å². The van der Waals surface area contributed by atoms with Gasteiger partial charge in [-0.1, -0.05) is 12.1 Å². The van der Waals surface area contributed by atoms with Crippen molar-refractivity contribution in [1.82, 2.24) is 4.98 Å². The third-order valence-corrected chi connectivity index (χ3v) is 3.69. The molecular formula is C17H17NO3. The summed E-state index contributed by atoms with van der Waals surface area (Å²) in [5.41, 5.74) is 2.08. The molecule has 1 heterocycles. The largest absolute Gasteiger partial charge is 0.497 e. The monoisotopic (exact) mass is 283 g/mol. The first-order valence-electron chi connectivity index (χ1n) is 6.92. The molecule has 0 radical (unpaired) electrons. The second kappa shape index (κ2) is 5.20. The van der Waals surface area contributed by atoms with E-state index in [2.05, 4.69) is 4.98 Å². The Morgan fingerprint density at radius 3 is 2.48 bits per heavy atom. The maximum absolute atomic E-state index is 12.1. The molecule has 4 heteroatoms. The lowest BCUT2D eigenvalue weighted by Gasteiger charge is -2.11. The van der Waals surface area contributed by atoms with Crippen LogP contribution in [0, 0.1) is 0 Å². The molecule has 1 aliphatic rings. The Balaban J connectivity index is 1.83. The maximum Gasteiger partial charge on any atom is 0.340 e. The van der Waals surface area contributed by atoms with Crippen molar-refractivity contribution in [3.8, 4) is 16.9 Å². The molecule has 1 fully saturated rings. The van der Waals surface area contributed by atoms with Crippen LogP contribution in [0.4, 0.5) is 0 Å². The molecule has 0 N–H and O–H groups in total. The van der Waals surface area contributed by atoms with Crippen molar-refractivity contribution in [2.45, 2.75) is 25.4 Å². The van der Waals surface area contributed by atoms with E-state index in [1.807, 2.05) is 37.3 Å². The number of benzene rings is 1. The Labute approximate surface area is 123 Å². The Hall–Kier alpha value is -2.36. The number of ether oxygens (including phenoxy) is 2. The van der Waals surface area contributed by atoms with E-state index >= 15 is 0 Å². The molecule has 0 unspecified atom stereocenters. The molecule has 0 bridgehead atoms. The molecule has 1 aliphatic carbocycles. The SMILES string of the molecule is COc1ccc(-c2cncc(C(=O)OC3(C)CC3)c2)cc1. The number of carbonyl (C=O) groups excluding carboxylic acids is 1. The summed E-state index contributed by atoms with van der Waals surface area (Å²) in [5, 5.41) is 0. The zero-order valence-corrected chi connectivity index (χ0v) is 12.1. The minimum absolute atomic E-state index is 0.271. The number of esters is 1. The van der Waals surface area contributed by atoms with Crippen LogP contribution in [0.5, 0.6) is 5.75 Å². The van der Waals surface area contributed by atoms with Gasteiger partial charge in [0.15, 0.2) is 0 Å². The van der Waals surface area contributed by atoms with E-state index in [1.54, 1.807) is 19.5 Å². The highest BCUT2D eigenvalue weighted by molar-refractivity contribution is 5.91. The first-order valence-corrected chi connectivity index (χ1v) is 6.92. The Kier molecular flexibility index (Phi) is 3.37. The second-order valence-electron chi connectivity index (χ2n) is 5.53. The highest BCUT2D eigenvalue weighted by Crippen LogP contribution is 2.39. The number of carbonyl (C=O) groups is 1. The normalized spacial score (nSPS) is 15.3. The first kappa shape index (κ1) is 13.6. The van der Waals surface area contributed by atoms with Crippen LogP contribution in [0.2, 0.25) is 0 Å². The Morgan fingerprint density at radius 1 is 1.14 bits per heavy atom. The van der Waals surface area contributed by atoms with Gasteiger partial charge in [0.25, 0.3) is 0 Å². The molecule has 1 saturated carbocycles. The molecule has 1 aromatic heterocycles. The van der Waals surface area contributed by atoms with E-state index in [9.17, 15) is 4.79 Å². The van der Waals surface area contributed by atoms with Gasteiger partial charge in [-0.3, -0.25) is 4.98 Å². The van der Waals surface area contributed by atoms with Crippen molar-refractivity contribution in [3.63, 3.8) is 0 Å². The summed E-state index contributed by atoms with van der Waals surface area (Å²) in [6.45, 7) is 1.95. The molecule has 0 spiro atoms. The van der Waals surface area contributed by atoms with Crippen LogP contribution in [0.15, 0.2) is 42.7 Å². The Morgan fingerprint density at radius 2 is 1.86 bits per heavy atom. The summed E-state index contributed by atoms with van der Waals surface area (Å²) >= 11 is 0. The number of rotatable bonds is 4. The van der Waals surface area contributed by atoms with Crippen molar-refractivity contribution in [2.75, 3.05) is 7.11 Å². The minimum Gasteiger partial charge on any atom is -0.497 e. The number of pyridine rings is 1. The van der Waals surface area contributed by atoms with E-state index in [0.717, 1.165) is 29.7 Å². The smallest absolute Gasteiger partial charge is 0.340 e. The third kappa shape index (κ3) is 3.05. The van der Waals surface area contributed by atoms with Gasteiger partial charge in [0.1, 0.15) is 11.4 Å². The zero-order valence-electron chi connectivity index (χ0n) is 12.1. The molecule has 21 heavy (non-hydrogen) atoms. The highest BCUT2D eigenvalue weighted by atomic mass is 16.6. The average Bonchev–Trinajstić information content (AvgIpc) is 3.24. The molecule has 4 nitrogen and oxygen atoms in total. The van der Waals surface area contributed by atoms with Crippen LogP contribution in [-0.2, 0) is 4.74 Å². The standard InChI is InChI=1S/C17H17NO3/c1-17(7-8-17)21-16(19)14-9-13(10-18-11-14)12-3-5-15(20-2)6-4-12/h3-6,9-11H,7-8H2,1-2H3. The van der Waals surface area contributed by atoms with Crippen LogP contribution < -0.4 is 4.74 Å². The molecule has 0 aliphatic heterocycles. The van der Waals surface area contributed by atoms with E-state index in [0.29, 0.717) is 5.56 Å². The Bertz CT molecular complexity index is 660. The van der Waals surface area contributed by atoms with Crippen LogP contribution >= 0.6 is 0 Å². The molecule has 2 aromatic rings. The molecule has 0 atom stereocenters. The number of nitrogens with zero attached hydrogens (tertiary/aromatic N) is 1. The van der Waals surface area contributed by atoms with Gasteiger partial charge in [0, 0.05) is 18.0 Å². The lowest BCUT2D eigenvalue weighted by molar-refractivity contribution is 0.0276. The number of aromatic nitrogens is 1. The van der Waals surface area contributed by atoms with E-state index in [1.165, 1.54) is 0 Å². The lowest BCUT2D eigenvalue weighted by Crippen LogP contribution is -2.15. The van der Waals surface area contributed by atoms with Crippen LogP contribution in [-0.4, -0.2) is 23.7 Å². The van der Waals surface area contributed by atoms with Gasteiger partial charge in [0.05, 0.1) is 12.7 Å². The predicted molar refractivity (Wildman–Crippen MR) is 79.3 cm³/mol. The van der Waals surface area contributed by atoms with Gasteiger partial charge in [0.2, 0.25) is 0 Å². The summed E-state index contributed by atoms with van der Waals surface area (Å²) in [5.74, 6) is 0.488. The molecule has 108 valence electrons. The number of methoxy groups -OCH3 is 1. The summed E-state index contributed by atoms with van der Waals surface area (Å²) in [6.07, 6.45) is 5.15. The zero-order chi connectivity index (χ0) is 14.9. The summed E-state index contributed by atoms with van der Waals surface area (Å²) in [6, 6.07) is 9.44. The summed E-state index contributed by atoms with van der Waals surface area (Å²) in [4.78, 5) is 16.2. The van der Waals surface area contributed by atoms with Crippen molar-refractivity contribution in [3.05, 3.63) is 48.3 Å². The van der Waals surface area contributed by atoms with Gasteiger partial charge < -0.3 is 9.47 Å². The third-order valence-electron chi connectivity index (χ3n) is 3.69. The van der Waals surface area contributed by atoms with Crippen molar-refractivity contribution >= 4 is 5.97 Å². The van der Waals surface area contributed by atoms with Gasteiger partial charge in [-0.2, -0.15) is 0 Å². The minimum atomic E-state index is -0.308. The van der Waals surface area contributed by atoms with Gasteiger partial charge >= 0.3 is 5.97 Å². The predicted octanol–water partition coefficient (Wildman–Crippen LogP) is 3.47. The van der Waals surface area contributed by atoms with Crippen molar-refractivity contribution in [1.29, 1.82) is 0 Å². The van der Waals surface area contributed by atoms with Gasteiger partial charge in [-0.05, 0) is 43.5 Å². The number of hydrogen-bond acceptors (Lipinski definition) is 4. The molecule has 1 aromatic carbocycles. The fourth-order valence-electron chi connectivity index (χ4n) is 2.05. The summed E-state index contributed by atoms with van der Waals surface area (Å²) in [7, 11) is 1.63. The quantitative estimate of drug-likeness (QED) is 0.806. The fourth-order valence-corrected chi connectivity index (χ4v) is 2.05. The topological polar surface area (TPSA) is 48.4 Å². The number of hydrogen-bond donors (Lipinski definition) is 0. The fraction of sp³-hybridized carbons (Fsp3) is 0.294. The van der Waals surface area contributed by atoms with E-state index in [4.69, 9.17) is 9.47 Å². The first-order chi connectivity index (χ1) is 10.1. The van der Waals surface area contributed by atoms with E-state index < -0.39 is 0 Å². The van der Waals surface area contributed by atoms with Crippen LogP contribution in [0.25, 0.3) is 11.1 Å². The van der Waals surface area contributed by atoms with Gasteiger partial charge in [-0.15, -0.1) is 0 Å². The van der Waals surface area contributed by atoms with Crippen molar-refractivity contribution in [2.24, 2.45) is 0 Å². The second-order valence-corrected chi connectivity index (χ2v) is 5.53. The molecule has 0 saturated heterocycles. The highest BCUT2D eigenvalue weighted by Gasteiger charge is 2.41. The average molecular weight is 283 g/mol. The van der Waals surface area contributed by atoms with E-state index in [-0.39, 0.29) is 11.6 Å². The van der Waals surface area contributed by atoms with Crippen molar-refractivity contribution < 1.29 is 14.3 Å². The molecule has 0 amide bonds. The van der Waals surface area contributed by atoms with Gasteiger partial charge in [-0.25, -0.2) is 4.79 Å². The maximum atomic E-state index is 12.1. The lowest BCUT2D eigenvalue weighted by atomic mass is 10.1. The molecular weight excluding hydrogens is 266 g/mol. The molecule has 3 rings (SSSR count).